The molecule has 2 heterocycles. The largest absolute Gasteiger partial charge is 0.342 e. The first kappa shape index (κ1) is 10.3. The average molecular weight is 225 g/mol. The number of nitrogens with zero attached hydrogens (tertiary/aromatic N) is 1. The fraction of sp³-hybridized carbons (Fsp3) is 0.267. The Balaban J connectivity index is 2.01. The summed E-state index contributed by atoms with van der Waals surface area (Å²) in [6, 6.07) is 13.5. The number of carbonyl (C=O) groups excluding carboxylic acids is 1. The molecular formula is C15H15NO. The predicted octanol–water partition coefficient (Wildman–Crippen LogP) is 3.23. The molecule has 0 spiro atoms. The van der Waals surface area contributed by atoms with Gasteiger partial charge >= 0.3 is 0 Å². The van der Waals surface area contributed by atoms with Crippen LogP contribution in [0.4, 0.5) is 0 Å². The van der Waals surface area contributed by atoms with E-state index in [0.717, 1.165) is 24.2 Å². The van der Waals surface area contributed by atoms with E-state index in [-0.39, 0.29) is 5.78 Å². The molecule has 0 radical (unpaired) electrons. The standard InChI is InChI=1S/C15H15NO/c1-11-9-10-16-13(11)7-8-14(16)15(17)12-5-3-2-4-6-12/h2-8,11H,9-10H2,1H3. The second-order valence-electron chi connectivity index (χ2n) is 4.68. The van der Waals surface area contributed by atoms with Crippen LogP contribution in [0.2, 0.25) is 0 Å². The number of aromatic nitrogens is 1. The molecule has 0 saturated heterocycles. The zero-order chi connectivity index (χ0) is 11.8. The molecule has 1 aromatic carbocycles. The van der Waals surface area contributed by atoms with Gasteiger partial charge in [-0.2, -0.15) is 0 Å². The molecular weight excluding hydrogens is 210 g/mol. The Kier molecular flexibility index (Phi) is 2.36. The zero-order valence-electron chi connectivity index (χ0n) is 9.89. The van der Waals surface area contributed by atoms with Gasteiger partial charge in [-0.1, -0.05) is 37.3 Å². The maximum atomic E-state index is 12.4. The number of hydrogen-bond acceptors (Lipinski definition) is 1. The van der Waals surface area contributed by atoms with E-state index in [2.05, 4.69) is 17.6 Å². The Hall–Kier alpha value is -1.83. The summed E-state index contributed by atoms with van der Waals surface area (Å²) in [7, 11) is 0. The van der Waals surface area contributed by atoms with Crippen molar-refractivity contribution in [3.8, 4) is 0 Å². The molecule has 1 atom stereocenters. The van der Waals surface area contributed by atoms with Crippen molar-refractivity contribution in [1.29, 1.82) is 0 Å². The van der Waals surface area contributed by atoms with E-state index in [0.29, 0.717) is 5.92 Å². The van der Waals surface area contributed by atoms with E-state index < -0.39 is 0 Å². The lowest BCUT2D eigenvalue weighted by atomic mass is 10.1. The van der Waals surface area contributed by atoms with Gasteiger partial charge < -0.3 is 4.57 Å². The molecule has 0 N–H and O–H groups in total. The number of rotatable bonds is 2. The zero-order valence-corrected chi connectivity index (χ0v) is 9.89. The molecule has 1 aromatic heterocycles. The molecule has 0 bridgehead atoms. The van der Waals surface area contributed by atoms with Crippen LogP contribution in [0.1, 0.15) is 41.0 Å². The van der Waals surface area contributed by atoms with Gasteiger partial charge in [0.25, 0.3) is 0 Å². The highest BCUT2D eigenvalue weighted by atomic mass is 16.1. The van der Waals surface area contributed by atoms with Gasteiger partial charge in [-0.05, 0) is 24.5 Å². The second kappa shape index (κ2) is 3.88. The van der Waals surface area contributed by atoms with Crippen molar-refractivity contribution in [2.45, 2.75) is 25.8 Å². The number of benzene rings is 1. The van der Waals surface area contributed by atoms with Gasteiger partial charge in [0.2, 0.25) is 5.78 Å². The van der Waals surface area contributed by atoms with Crippen molar-refractivity contribution in [2.24, 2.45) is 0 Å². The lowest BCUT2D eigenvalue weighted by Crippen LogP contribution is -2.08. The van der Waals surface area contributed by atoms with Crippen LogP contribution >= 0.6 is 0 Å². The smallest absolute Gasteiger partial charge is 0.209 e. The van der Waals surface area contributed by atoms with Crippen LogP contribution in [0.25, 0.3) is 0 Å². The summed E-state index contributed by atoms with van der Waals surface area (Å²) in [5.74, 6) is 0.707. The van der Waals surface area contributed by atoms with E-state index in [4.69, 9.17) is 0 Å². The topological polar surface area (TPSA) is 22.0 Å². The van der Waals surface area contributed by atoms with Crippen molar-refractivity contribution in [2.75, 3.05) is 0 Å². The summed E-state index contributed by atoms with van der Waals surface area (Å²) in [4.78, 5) is 12.4. The molecule has 1 aliphatic rings. The molecule has 0 amide bonds. The number of carbonyl (C=O) groups is 1. The van der Waals surface area contributed by atoms with Gasteiger partial charge in [-0.3, -0.25) is 4.79 Å². The van der Waals surface area contributed by atoms with Gasteiger partial charge in [0.1, 0.15) is 0 Å². The third kappa shape index (κ3) is 1.60. The minimum absolute atomic E-state index is 0.131. The quantitative estimate of drug-likeness (QED) is 0.719. The number of fused-ring (bicyclic) bond motifs is 1. The molecule has 2 nitrogen and oxygen atoms in total. The summed E-state index contributed by atoms with van der Waals surface area (Å²) in [5.41, 5.74) is 2.90. The predicted molar refractivity (Wildman–Crippen MR) is 67.3 cm³/mol. The molecule has 2 heteroatoms. The summed E-state index contributed by atoms with van der Waals surface area (Å²) in [6.45, 7) is 3.19. The normalized spacial score (nSPS) is 18.1. The number of ketones is 1. The van der Waals surface area contributed by atoms with Gasteiger partial charge in [0, 0.05) is 17.8 Å². The van der Waals surface area contributed by atoms with Gasteiger partial charge in [0.05, 0.1) is 5.69 Å². The molecule has 3 rings (SSSR count). The van der Waals surface area contributed by atoms with Crippen LogP contribution < -0.4 is 0 Å². The molecule has 1 unspecified atom stereocenters. The van der Waals surface area contributed by atoms with Crippen molar-refractivity contribution in [3.63, 3.8) is 0 Å². The monoisotopic (exact) mass is 225 g/mol. The SMILES string of the molecule is CC1CCn2c(C(=O)c3ccccc3)ccc21. The highest BCUT2D eigenvalue weighted by molar-refractivity contribution is 6.08. The van der Waals surface area contributed by atoms with Crippen molar-refractivity contribution in [3.05, 3.63) is 59.4 Å². The van der Waals surface area contributed by atoms with E-state index in [9.17, 15) is 4.79 Å². The Morgan fingerprint density at radius 3 is 2.71 bits per heavy atom. The minimum Gasteiger partial charge on any atom is -0.342 e. The summed E-state index contributed by atoms with van der Waals surface area (Å²) < 4.78 is 2.17. The van der Waals surface area contributed by atoms with Gasteiger partial charge in [-0.15, -0.1) is 0 Å². The molecule has 2 aromatic rings. The van der Waals surface area contributed by atoms with E-state index in [1.54, 1.807) is 0 Å². The highest BCUT2D eigenvalue weighted by Gasteiger charge is 2.23. The fourth-order valence-corrected chi connectivity index (χ4v) is 2.57. The maximum Gasteiger partial charge on any atom is 0.209 e. The summed E-state index contributed by atoms with van der Waals surface area (Å²) in [5, 5.41) is 0. The molecule has 86 valence electrons. The highest BCUT2D eigenvalue weighted by Crippen LogP contribution is 2.30. The first-order chi connectivity index (χ1) is 8.27. The Morgan fingerprint density at radius 2 is 1.94 bits per heavy atom. The summed E-state index contributed by atoms with van der Waals surface area (Å²) >= 11 is 0. The Labute approximate surface area is 101 Å². The second-order valence-corrected chi connectivity index (χ2v) is 4.68. The van der Waals surface area contributed by atoms with Crippen LogP contribution in [0.15, 0.2) is 42.5 Å². The molecule has 0 aliphatic carbocycles. The van der Waals surface area contributed by atoms with Crippen molar-refractivity contribution >= 4 is 5.78 Å². The Morgan fingerprint density at radius 1 is 1.18 bits per heavy atom. The van der Waals surface area contributed by atoms with Gasteiger partial charge in [-0.25, -0.2) is 0 Å². The minimum atomic E-state index is 0.131. The van der Waals surface area contributed by atoms with Crippen LogP contribution in [0, 0.1) is 0 Å². The van der Waals surface area contributed by atoms with Crippen LogP contribution in [0.3, 0.4) is 0 Å². The van der Waals surface area contributed by atoms with E-state index in [1.165, 1.54) is 5.69 Å². The molecule has 1 aliphatic heterocycles. The van der Waals surface area contributed by atoms with E-state index >= 15 is 0 Å². The number of hydrogen-bond donors (Lipinski definition) is 0. The first-order valence-corrected chi connectivity index (χ1v) is 6.06. The third-order valence-electron chi connectivity index (χ3n) is 3.57. The lowest BCUT2D eigenvalue weighted by Gasteiger charge is -2.05. The van der Waals surface area contributed by atoms with Crippen LogP contribution in [-0.2, 0) is 6.54 Å². The molecule has 0 saturated carbocycles. The van der Waals surface area contributed by atoms with Crippen LogP contribution in [-0.4, -0.2) is 10.4 Å². The van der Waals surface area contributed by atoms with Crippen LogP contribution in [0.5, 0.6) is 0 Å². The first-order valence-electron chi connectivity index (χ1n) is 6.06. The van der Waals surface area contributed by atoms with E-state index in [1.807, 2.05) is 36.4 Å². The summed E-state index contributed by atoms with van der Waals surface area (Å²) in [6.07, 6.45) is 1.14. The fourth-order valence-electron chi connectivity index (χ4n) is 2.57. The Bertz CT molecular complexity index is 554. The third-order valence-corrected chi connectivity index (χ3v) is 3.57. The van der Waals surface area contributed by atoms with Crippen molar-refractivity contribution < 1.29 is 4.79 Å². The molecule has 0 fully saturated rings. The van der Waals surface area contributed by atoms with Gasteiger partial charge in [0.15, 0.2) is 0 Å². The molecule has 17 heavy (non-hydrogen) atoms. The van der Waals surface area contributed by atoms with Crippen molar-refractivity contribution in [1.82, 2.24) is 4.57 Å². The maximum absolute atomic E-state index is 12.4. The lowest BCUT2D eigenvalue weighted by molar-refractivity contribution is 0.103. The average Bonchev–Trinajstić information content (AvgIpc) is 2.93.